The summed E-state index contributed by atoms with van der Waals surface area (Å²) in [6.45, 7) is 2.69. The van der Waals surface area contributed by atoms with E-state index in [1.54, 1.807) is 23.9 Å². The largest absolute Gasteiger partial charge is 0.382 e. The summed E-state index contributed by atoms with van der Waals surface area (Å²) in [4.78, 5) is 0. The molecule has 5 heteroatoms. The molecule has 0 saturated carbocycles. The molecule has 0 amide bonds. The van der Waals surface area contributed by atoms with Crippen molar-refractivity contribution in [2.45, 2.75) is 11.9 Å². The zero-order chi connectivity index (χ0) is 13.0. The summed E-state index contributed by atoms with van der Waals surface area (Å²) in [5.41, 5.74) is 1.57. The molecule has 0 saturated heterocycles. The molecule has 0 fully saturated rings. The van der Waals surface area contributed by atoms with Crippen LogP contribution in [0.3, 0.4) is 0 Å². The van der Waals surface area contributed by atoms with E-state index < -0.39 is 0 Å². The quantitative estimate of drug-likeness (QED) is 0.665. The summed E-state index contributed by atoms with van der Waals surface area (Å²) in [5.74, 6) is 0.659. The summed E-state index contributed by atoms with van der Waals surface area (Å²) in [6, 6.07) is 8.76. The molecule has 3 nitrogen and oxygen atoms in total. The third-order valence-corrected chi connectivity index (χ3v) is 3.59. The predicted molar refractivity (Wildman–Crippen MR) is 73.6 cm³/mol. The highest BCUT2D eigenvalue weighted by Gasteiger charge is 2.03. The van der Waals surface area contributed by atoms with Crippen molar-refractivity contribution in [3.8, 4) is 0 Å². The van der Waals surface area contributed by atoms with Gasteiger partial charge in [-0.15, -0.1) is 11.8 Å². The molecule has 0 aliphatic heterocycles. The van der Waals surface area contributed by atoms with Gasteiger partial charge in [-0.25, -0.2) is 4.39 Å². The van der Waals surface area contributed by atoms with Gasteiger partial charge in [-0.3, -0.25) is 4.68 Å². The van der Waals surface area contributed by atoms with Gasteiger partial charge in [-0.1, -0.05) is 12.1 Å². The fraction of sp³-hybridized carbons (Fsp3) is 0.308. The van der Waals surface area contributed by atoms with Gasteiger partial charge in [-0.05, 0) is 25.1 Å². The maximum atomic E-state index is 13.3. The first-order valence-electron chi connectivity index (χ1n) is 5.78. The van der Waals surface area contributed by atoms with Crippen LogP contribution in [0.1, 0.15) is 5.69 Å². The van der Waals surface area contributed by atoms with Crippen molar-refractivity contribution >= 4 is 17.4 Å². The van der Waals surface area contributed by atoms with Crippen molar-refractivity contribution in [2.24, 2.45) is 7.05 Å². The molecule has 18 heavy (non-hydrogen) atoms. The highest BCUT2D eigenvalue weighted by Crippen LogP contribution is 2.18. The number of para-hydroxylation sites is 1. The second-order valence-corrected chi connectivity index (χ2v) is 5.12. The Kier molecular flexibility index (Phi) is 4.25. The predicted octanol–water partition coefficient (Wildman–Crippen LogP) is 3.07. The lowest BCUT2D eigenvalue weighted by Crippen LogP contribution is -2.06. The van der Waals surface area contributed by atoms with Crippen LogP contribution in [0.25, 0.3) is 0 Å². The van der Waals surface area contributed by atoms with E-state index in [1.807, 2.05) is 30.8 Å². The van der Waals surface area contributed by atoms with E-state index in [0.717, 1.165) is 23.0 Å². The smallest absolute Gasteiger partial charge is 0.146 e. The monoisotopic (exact) mass is 265 g/mol. The van der Waals surface area contributed by atoms with Crippen molar-refractivity contribution in [1.29, 1.82) is 0 Å². The van der Waals surface area contributed by atoms with Gasteiger partial charge in [0.1, 0.15) is 5.82 Å². The van der Waals surface area contributed by atoms with Gasteiger partial charge in [0.2, 0.25) is 0 Å². The zero-order valence-electron chi connectivity index (χ0n) is 10.5. The second-order valence-electron chi connectivity index (χ2n) is 4.00. The number of anilines is 1. The fourth-order valence-electron chi connectivity index (χ4n) is 1.67. The number of nitrogens with one attached hydrogen (secondary N) is 1. The fourth-order valence-corrected chi connectivity index (χ4v) is 2.56. The highest BCUT2D eigenvalue weighted by molar-refractivity contribution is 7.99. The Balaban J connectivity index is 1.80. The third-order valence-electron chi connectivity index (χ3n) is 2.50. The van der Waals surface area contributed by atoms with E-state index in [4.69, 9.17) is 0 Å². The Morgan fingerprint density at radius 1 is 1.39 bits per heavy atom. The summed E-state index contributed by atoms with van der Waals surface area (Å²) < 4.78 is 15.2. The van der Waals surface area contributed by atoms with Gasteiger partial charge in [0.15, 0.2) is 0 Å². The van der Waals surface area contributed by atoms with Crippen molar-refractivity contribution in [1.82, 2.24) is 9.78 Å². The molecule has 96 valence electrons. The SMILES string of the molecule is Cc1cc(SCCNc2ccccc2F)n(C)n1. The van der Waals surface area contributed by atoms with Crippen LogP contribution in [-0.2, 0) is 7.05 Å². The van der Waals surface area contributed by atoms with Crippen LogP contribution in [0.5, 0.6) is 0 Å². The van der Waals surface area contributed by atoms with E-state index in [-0.39, 0.29) is 5.82 Å². The van der Waals surface area contributed by atoms with Gasteiger partial charge in [0.05, 0.1) is 16.4 Å². The van der Waals surface area contributed by atoms with Gasteiger partial charge >= 0.3 is 0 Å². The molecular weight excluding hydrogens is 249 g/mol. The Morgan fingerprint density at radius 2 is 2.17 bits per heavy atom. The number of aryl methyl sites for hydroxylation is 2. The molecule has 1 aromatic carbocycles. The maximum Gasteiger partial charge on any atom is 0.146 e. The van der Waals surface area contributed by atoms with Crippen molar-refractivity contribution in [3.05, 3.63) is 41.8 Å². The second kappa shape index (κ2) is 5.91. The minimum atomic E-state index is -0.209. The van der Waals surface area contributed by atoms with Crippen LogP contribution in [-0.4, -0.2) is 22.1 Å². The van der Waals surface area contributed by atoms with Crippen LogP contribution >= 0.6 is 11.8 Å². The molecule has 1 heterocycles. The van der Waals surface area contributed by atoms with Crippen molar-refractivity contribution < 1.29 is 4.39 Å². The minimum Gasteiger partial charge on any atom is -0.382 e. The number of halogens is 1. The van der Waals surface area contributed by atoms with Gasteiger partial charge in [0, 0.05) is 19.3 Å². The molecule has 1 aromatic heterocycles. The maximum absolute atomic E-state index is 13.3. The van der Waals surface area contributed by atoms with Crippen molar-refractivity contribution in [2.75, 3.05) is 17.6 Å². The number of hydrogen-bond acceptors (Lipinski definition) is 3. The topological polar surface area (TPSA) is 29.9 Å². The Bertz CT molecular complexity index is 525. The number of rotatable bonds is 5. The van der Waals surface area contributed by atoms with Gasteiger partial charge in [-0.2, -0.15) is 5.10 Å². The van der Waals surface area contributed by atoms with E-state index in [2.05, 4.69) is 10.4 Å². The van der Waals surface area contributed by atoms with Gasteiger partial charge in [0.25, 0.3) is 0 Å². The average molecular weight is 265 g/mol. The summed E-state index contributed by atoms with van der Waals surface area (Å²) in [5, 5.41) is 8.49. The number of nitrogens with zero attached hydrogens (tertiary/aromatic N) is 2. The van der Waals surface area contributed by atoms with Crippen LogP contribution < -0.4 is 5.32 Å². The molecule has 0 unspecified atom stereocenters. The lowest BCUT2D eigenvalue weighted by molar-refractivity contribution is 0.630. The van der Waals surface area contributed by atoms with Crippen LogP contribution in [0.2, 0.25) is 0 Å². The first-order chi connectivity index (χ1) is 8.66. The first-order valence-corrected chi connectivity index (χ1v) is 6.77. The van der Waals surface area contributed by atoms with Crippen molar-refractivity contribution in [3.63, 3.8) is 0 Å². The van der Waals surface area contributed by atoms with E-state index in [1.165, 1.54) is 6.07 Å². The number of benzene rings is 1. The molecular formula is C13H16FN3S. The van der Waals surface area contributed by atoms with Gasteiger partial charge < -0.3 is 5.32 Å². The number of aromatic nitrogens is 2. The average Bonchev–Trinajstić information content (AvgIpc) is 2.65. The third kappa shape index (κ3) is 3.26. The normalized spacial score (nSPS) is 10.6. The van der Waals surface area contributed by atoms with Crippen LogP contribution in [0, 0.1) is 12.7 Å². The Labute approximate surface area is 110 Å². The number of hydrogen-bond donors (Lipinski definition) is 1. The molecule has 1 N–H and O–H groups in total. The first kappa shape index (κ1) is 13.0. The highest BCUT2D eigenvalue weighted by atomic mass is 32.2. The summed E-state index contributed by atoms with van der Waals surface area (Å²) in [7, 11) is 1.93. The minimum absolute atomic E-state index is 0.209. The molecule has 0 bridgehead atoms. The lowest BCUT2D eigenvalue weighted by Gasteiger charge is -2.07. The number of thioether (sulfide) groups is 1. The molecule has 2 aromatic rings. The molecule has 0 aliphatic carbocycles. The van der Waals surface area contributed by atoms with E-state index in [9.17, 15) is 4.39 Å². The summed E-state index contributed by atoms with van der Waals surface area (Å²) >= 11 is 1.71. The lowest BCUT2D eigenvalue weighted by atomic mass is 10.3. The summed E-state index contributed by atoms with van der Waals surface area (Å²) in [6.07, 6.45) is 0. The Hall–Kier alpha value is -1.49. The molecule has 0 atom stereocenters. The standard InChI is InChI=1S/C13H16FN3S/c1-10-9-13(17(2)16-10)18-8-7-15-12-6-4-3-5-11(12)14/h3-6,9,15H,7-8H2,1-2H3. The zero-order valence-corrected chi connectivity index (χ0v) is 11.3. The van der Waals surface area contributed by atoms with E-state index >= 15 is 0 Å². The molecule has 0 aliphatic rings. The van der Waals surface area contributed by atoms with Crippen LogP contribution in [0.4, 0.5) is 10.1 Å². The molecule has 0 radical (unpaired) electrons. The molecule has 0 spiro atoms. The van der Waals surface area contributed by atoms with E-state index in [0.29, 0.717) is 5.69 Å². The molecule has 2 rings (SSSR count). The van der Waals surface area contributed by atoms with Crippen LogP contribution in [0.15, 0.2) is 35.4 Å². The Morgan fingerprint density at radius 3 is 2.83 bits per heavy atom.